The summed E-state index contributed by atoms with van der Waals surface area (Å²) in [6.07, 6.45) is 1.45. The second kappa shape index (κ2) is 7.60. The van der Waals surface area contributed by atoms with Crippen LogP contribution < -0.4 is 15.4 Å². The fraction of sp³-hybridized carbons (Fsp3) is 0.158. The molecular weight excluding hydrogens is 332 g/mol. The SMILES string of the molecule is COc1ccccc1N(CCC(N)=O)C(=O)c1cnc2ccccc2n1. The molecule has 3 aromatic rings. The molecule has 0 aliphatic carbocycles. The molecule has 0 unspecified atom stereocenters. The van der Waals surface area contributed by atoms with E-state index in [1.807, 2.05) is 18.2 Å². The van der Waals surface area contributed by atoms with Crippen LogP contribution in [-0.2, 0) is 4.79 Å². The molecule has 3 rings (SSSR count). The van der Waals surface area contributed by atoms with Crippen molar-refractivity contribution < 1.29 is 14.3 Å². The molecule has 0 aliphatic heterocycles. The van der Waals surface area contributed by atoms with Gasteiger partial charge in [-0.15, -0.1) is 0 Å². The maximum absolute atomic E-state index is 13.1. The number of methoxy groups -OCH3 is 1. The third-order valence-electron chi connectivity index (χ3n) is 3.87. The van der Waals surface area contributed by atoms with Crippen LogP contribution in [0.5, 0.6) is 5.75 Å². The van der Waals surface area contributed by atoms with E-state index in [-0.39, 0.29) is 24.6 Å². The van der Waals surface area contributed by atoms with Gasteiger partial charge in [0.2, 0.25) is 5.91 Å². The number of ether oxygens (including phenoxy) is 1. The van der Waals surface area contributed by atoms with Crippen molar-refractivity contribution in [3.63, 3.8) is 0 Å². The number of primary amides is 1. The fourth-order valence-corrected chi connectivity index (χ4v) is 2.60. The summed E-state index contributed by atoms with van der Waals surface area (Å²) in [6.45, 7) is 0.114. The molecular formula is C19H18N4O3. The van der Waals surface area contributed by atoms with Crippen molar-refractivity contribution >= 4 is 28.5 Å². The molecule has 7 heteroatoms. The van der Waals surface area contributed by atoms with Gasteiger partial charge >= 0.3 is 0 Å². The Morgan fingerprint density at radius 1 is 1.08 bits per heavy atom. The predicted octanol–water partition coefficient (Wildman–Crippen LogP) is 2.16. The van der Waals surface area contributed by atoms with Gasteiger partial charge in [0, 0.05) is 13.0 Å². The maximum atomic E-state index is 13.1. The molecule has 0 radical (unpaired) electrons. The van der Waals surface area contributed by atoms with Crippen LogP contribution >= 0.6 is 0 Å². The van der Waals surface area contributed by atoms with E-state index >= 15 is 0 Å². The van der Waals surface area contributed by atoms with Crippen molar-refractivity contribution in [2.75, 3.05) is 18.6 Å². The summed E-state index contributed by atoms with van der Waals surface area (Å²) in [4.78, 5) is 34.4. The van der Waals surface area contributed by atoms with Crippen LogP contribution in [0.25, 0.3) is 11.0 Å². The fourth-order valence-electron chi connectivity index (χ4n) is 2.60. The van der Waals surface area contributed by atoms with E-state index in [0.29, 0.717) is 22.5 Å². The number of nitrogens with zero attached hydrogens (tertiary/aromatic N) is 3. The molecule has 0 atom stereocenters. The first-order valence-electron chi connectivity index (χ1n) is 8.05. The van der Waals surface area contributed by atoms with Crippen molar-refractivity contribution in [1.82, 2.24) is 9.97 Å². The highest BCUT2D eigenvalue weighted by atomic mass is 16.5. The molecule has 0 saturated carbocycles. The van der Waals surface area contributed by atoms with Gasteiger partial charge in [0.1, 0.15) is 11.4 Å². The summed E-state index contributed by atoms with van der Waals surface area (Å²) >= 11 is 0. The molecule has 2 aromatic carbocycles. The molecule has 2 N–H and O–H groups in total. The Kier molecular flexibility index (Phi) is 5.07. The topological polar surface area (TPSA) is 98.4 Å². The van der Waals surface area contributed by atoms with Gasteiger partial charge in [0.05, 0.1) is 30.0 Å². The lowest BCUT2D eigenvalue weighted by atomic mass is 10.2. The number of hydrogen-bond donors (Lipinski definition) is 1. The summed E-state index contributed by atoms with van der Waals surface area (Å²) in [7, 11) is 1.52. The van der Waals surface area contributed by atoms with Crippen molar-refractivity contribution in [1.29, 1.82) is 0 Å². The zero-order valence-electron chi connectivity index (χ0n) is 14.3. The summed E-state index contributed by atoms with van der Waals surface area (Å²) < 4.78 is 5.34. The minimum atomic E-state index is -0.498. The average Bonchev–Trinajstić information content (AvgIpc) is 2.67. The van der Waals surface area contributed by atoms with Gasteiger partial charge in [0.15, 0.2) is 0 Å². The number of carbonyl (C=O) groups is 2. The molecule has 26 heavy (non-hydrogen) atoms. The van der Waals surface area contributed by atoms with Crippen LogP contribution in [0.1, 0.15) is 16.9 Å². The molecule has 0 aliphatic rings. The van der Waals surface area contributed by atoms with E-state index in [4.69, 9.17) is 10.5 Å². The van der Waals surface area contributed by atoms with Crippen LogP contribution in [0.4, 0.5) is 5.69 Å². The van der Waals surface area contributed by atoms with Crippen molar-refractivity contribution in [2.45, 2.75) is 6.42 Å². The summed E-state index contributed by atoms with van der Waals surface area (Å²) in [5.74, 6) is -0.365. The first-order chi connectivity index (χ1) is 12.6. The van der Waals surface area contributed by atoms with Gasteiger partial charge in [-0.2, -0.15) is 0 Å². The van der Waals surface area contributed by atoms with Crippen LogP contribution in [0, 0.1) is 0 Å². The number of benzene rings is 2. The second-order valence-electron chi connectivity index (χ2n) is 5.59. The molecule has 1 aromatic heterocycles. The number of amides is 2. The Balaban J connectivity index is 2.01. The molecule has 0 saturated heterocycles. The highest BCUT2D eigenvalue weighted by molar-refractivity contribution is 6.06. The number of carbonyl (C=O) groups excluding carboxylic acids is 2. The number of aromatic nitrogens is 2. The number of nitrogens with two attached hydrogens (primary N) is 1. The van der Waals surface area contributed by atoms with E-state index < -0.39 is 5.91 Å². The van der Waals surface area contributed by atoms with Gasteiger partial charge < -0.3 is 15.4 Å². The van der Waals surface area contributed by atoms with Crippen LogP contribution in [0.3, 0.4) is 0 Å². The van der Waals surface area contributed by atoms with Crippen LogP contribution in [-0.4, -0.2) is 35.4 Å². The normalized spacial score (nSPS) is 10.5. The highest BCUT2D eigenvalue weighted by Crippen LogP contribution is 2.29. The zero-order valence-corrected chi connectivity index (χ0v) is 14.3. The third kappa shape index (κ3) is 3.61. The summed E-state index contributed by atoms with van der Waals surface area (Å²) in [5, 5.41) is 0. The van der Waals surface area contributed by atoms with E-state index in [2.05, 4.69) is 9.97 Å². The standard InChI is InChI=1S/C19H18N4O3/c1-26-17-9-5-4-8-16(17)23(11-10-18(20)24)19(25)15-12-21-13-6-2-3-7-14(13)22-15/h2-9,12H,10-11H2,1H3,(H2,20,24). The quantitative estimate of drug-likeness (QED) is 0.734. The monoisotopic (exact) mass is 350 g/mol. The maximum Gasteiger partial charge on any atom is 0.278 e. The van der Waals surface area contributed by atoms with Gasteiger partial charge in [0.25, 0.3) is 5.91 Å². The average molecular weight is 350 g/mol. The molecule has 2 amide bonds. The molecule has 132 valence electrons. The Morgan fingerprint density at radius 3 is 2.50 bits per heavy atom. The first kappa shape index (κ1) is 17.3. The Morgan fingerprint density at radius 2 is 1.77 bits per heavy atom. The lowest BCUT2D eigenvalue weighted by Crippen LogP contribution is -2.35. The highest BCUT2D eigenvalue weighted by Gasteiger charge is 2.23. The van der Waals surface area contributed by atoms with E-state index in [0.717, 1.165) is 0 Å². The van der Waals surface area contributed by atoms with Crippen molar-refractivity contribution in [2.24, 2.45) is 5.73 Å². The van der Waals surface area contributed by atoms with Gasteiger partial charge in [-0.3, -0.25) is 14.6 Å². The molecule has 0 spiro atoms. The van der Waals surface area contributed by atoms with Crippen LogP contribution in [0.2, 0.25) is 0 Å². The Bertz CT molecular complexity index is 958. The van der Waals surface area contributed by atoms with Gasteiger partial charge in [-0.25, -0.2) is 4.98 Å². The minimum absolute atomic E-state index is 0.0186. The van der Waals surface area contributed by atoms with Crippen molar-refractivity contribution in [3.8, 4) is 5.75 Å². The molecule has 7 nitrogen and oxygen atoms in total. The van der Waals surface area contributed by atoms with E-state index in [9.17, 15) is 9.59 Å². The smallest absolute Gasteiger partial charge is 0.278 e. The lowest BCUT2D eigenvalue weighted by molar-refractivity contribution is -0.117. The van der Waals surface area contributed by atoms with E-state index in [1.165, 1.54) is 18.2 Å². The molecule has 0 bridgehead atoms. The van der Waals surface area contributed by atoms with Crippen LogP contribution in [0.15, 0.2) is 54.7 Å². The second-order valence-corrected chi connectivity index (χ2v) is 5.59. The number of anilines is 1. The summed E-state index contributed by atoms with van der Waals surface area (Å²) in [6, 6.07) is 14.4. The van der Waals surface area contributed by atoms with E-state index in [1.54, 1.807) is 30.3 Å². The molecule has 1 heterocycles. The third-order valence-corrected chi connectivity index (χ3v) is 3.87. The first-order valence-corrected chi connectivity index (χ1v) is 8.05. The lowest BCUT2D eigenvalue weighted by Gasteiger charge is -2.23. The number of fused-ring (bicyclic) bond motifs is 1. The van der Waals surface area contributed by atoms with Gasteiger partial charge in [-0.05, 0) is 24.3 Å². The summed E-state index contributed by atoms with van der Waals surface area (Å²) in [5.41, 5.74) is 7.30. The minimum Gasteiger partial charge on any atom is -0.495 e. The number of hydrogen-bond acceptors (Lipinski definition) is 5. The largest absolute Gasteiger partial charge is 0.495 e. The number of rotatable bonds is 6. The van der Waals surface area contributed by atoms with Crippen molar-refractivity contribution in [3.05, 3.63) is 60.4 Å². The molecule has 0 fully saturated rings. The zero-order chi connectivity index (χ0) is 18.5. The Labute approximate surface area is 150 Å². The predicted molar refractivity (Wildman–Crippen MR) is 98.0 cm³/mol. The number of para-hydroxylation sites is 4. The Hall–Kier alpha value is -3.48. The van der Waals surface area contributed by atoms with Gasteiger partial charge in [-0.1, -0.05) is 24.3 Å².